The van der Waals surface area contributed by atoms with Crippen LogP contribution in [0.2, 0.25) is 0 Å². The molecule has 4 heterocycles. The van der Waals surface area contributed by atoms with Gasteiger partial charge in [-0.3, -0.25) is 24.9 Å². The van der Waals surface area contributed by atoms with Gasteiger partial charge in [-0.2, -0.15) is 5.10 Å². The monoisotopic (exact) mass is 493 g/mol. The highest BCUT2D eigenvalue weighted by Gasteiger charge is 2.16. The van der Waals surface area contributed by atoms with Gasteiger partial charge in [0.15, 0.2) is 0 Å². The number of carbonyl (C=O) groups is 1. The first-order chi connectivity index (χ1) is 18.0. The zero-order valence-electron chi connectivity index (χ0n) is 20.3. The molecule has 0 aliphatic carbocycles. The lowest BCUT2D eigenvalue weighted by molar-refractivity contribution is -0.120. The fourth-order valence-corrected chi connectivity index (χ4v) is 4.15. The summed E-state index contributed by atoms with van der Waals surface area (Å²) in [6, 6.07) is 12.1. The first-order valence-corrected chi connectivity index (χ1v) is 11.7. The van der Waals surface area contributed by atoms with Gasteiger partial charge >= 0.3 is 0 Å². The fourth-order valence-electron chi connectivity index (χ4n) is 4.15. The van der Waals surface area contributed by atoms with Crippen molar-refractivity contribution in [3.8, 4) is 22.6 Å². The Labute approximate surface area is 212 Å². The fraction of sp³-hybridized carbons (Fsp3) is 0.107. The van der Waals surface area contributed by atoms with E-state index in [1.807, 2.05) is 25.1 Å². The van der Waals surface area contributed by atoms with E-state index in [-0.39, 0.29) is 11.7 Å². The lowest BCUT2D eigenvalue weighted by atomic mass is 10.1. The first kappa shape index (κ1) is 23.8. The Kier molecular flexibility index (Phi) is 6.42. The highest BCUT2D eigenvalue weighted by atomic mass is 19.1. The van der Waals surface area contributed by atoms with Crippen molar-refractivity contribution in [1.82, 2.24) is 30.5 Å². The SMILES string of the molecule is C=N/C=C(\C=C(/C)NC(=O)CC)c1cc2c(-c3cc4c(-c5ccc(F)cc5)nccc4[nH]3)n[nH]c2cn1. The molecule has 1 aromatic carbocycles. The summed E-state index contributed by atoms with van der Waals surface area (Å²) in [7, 11) is 0. The van der Waals surface area contributed by atoms with Gasteiger partial charge in [-0.1, -0.05) is 6.92 Å². The number of aromatic nitrogens is 5. The standard InChI is InChI=1S/C28H24FN7O/c1-4-26(37)33-16(2)11-18(14-30-3)23-12-21-25(15-32-23)35-36-28(21)24-13-20-22(34-24)9-10-31-27(20)17-5-7-19(29)8-6-17/h5-15,34H,3-4H2,1-2H3,(H,33,37)(H,35,36)/b16-11+,18-14+. The average Bonchev–Trinajstić information content (AvgIpc) is 3.52. The lowest BCUT2D eigenvalue weighted by Gasteiger charge is -2.06. The number of amides is 1. The van der Waals surface area contributed by atoms with E-state index in [9.17, 15) is 9.18 Å². The van der Waals surface area contributed by atoms with E-state index in [2.05, 4.69) is 42.2 Å². The van der Waals surface area contributed by atoms with Crippen molar-refractivity contribution in [3.63, 3.8) is 0 Å². The van der Waals surface area contributed by atoms with Crippen molar-refractivity contribution < 1.29 is 9.18 Å². The maximum Gasteiger partial charge on any atom is 0.223 e. The molecule has 9 heteroatoms. The van der Waals surface area contributed by atoms with Crippen LogP contribution in [0.3, 0.4) is 0 Å². The number of H-pyrrole nitrogens is 2. The largest absolute Gasteiger partial charge is 0.353 e. The second-order valence-electron chi connectivity index (χ2n) is 8.49. The van der Waals surface area contributed by atoms with E-state index in [4.69, 9.17) is 0 Å². The molecule has 0 saturated heterocycles. The van der Waals surface area contributed by atoms with Crippen LogP contribution in [0.25, 0.3) is 50.0 Å². The van der Waals surface area contributed by atoms with Crippen molar-refractivity contribution in [2.75, 3.05) is 0 Å². The number of hydrogen-bond acceptors (Lipinski definition) is 5. The third-order valence-electron chi connectivity index (χ3n) is 5.92. The summed E-state index contributed by atoms with van der Waals surface area (Å²) < 4.78 is 13.5. The number of pyridine rings is 2. The number of fused-ring (bicyclic) bond motifs is 2. The minimum atomic E-state index is -0.295. The second-order valence-corrected chi connectivity index (χ2v) is 8.49. The molecule has 8 nitrogen and oxygen atoms in total. The van der Waals surface area contributed by atoms with Gasteiger partial charge in [0.1, 0.15) is 11.5 Å². The molecule has 4 aromatic heterocycles. The van der Waals surface area contributed by atoms with E-state index in [1.165, 1.54) is 12.1 Å². The maximum atomic E-state index is 13.5. The topological polar surface area (TPSA) is 112 Å². The van der Waals surface area contributed by atoms with Crippen molar-refractivity contribution in [2.24, 2.45) is 4.99 Å². The van der Waals surface area contributed by atoms with Crippen LogP contribution in [0.4, 0.5) is 4.39 Å². The summed E-state index contributed by atoms with van der Waals surface area (Å²) in [5.41, 5.74) is 6.74. The number of rotatable bonds is 7. The Morgan fingerprint density at radius 1 is 1.11 bits per heavy atom. The summed E-state index contributed by atoms with van der Waals surface area (Å²) in [4.78, 5) is 28.2. The summed E-state index contributed by atoms with van der Waals surface area (Å²) >= 11 is 0. The molecule has 5 aromatic rings. The predicted octanol–water partition coefficient (Wildman–Crippen LogP) is 5.78. The van der Waals surface area contributed by atoms with Gasteiger partial charge in [-0.25, -0.2) is 4.39 Å². The van der Waals surface area contributed by atoms with Gasteiger partial charge in [-0.15, -0.1) is 0 Å². The molecule has 0 radical (unpaired) electrons. The Hall–Kier alpha value is -4.92. The molecule has 0 atom stereocenters. The van der Waals surface area contributed by atoms with Crippen molar-refractivity contribution in [3.05, 3.63) is 84.3 Å². The van der Waals surface area contributed by atoms with E-state index in [1.54, 1.807) is 43.7 Å². The smallest absolute Gasteiger partial charge is 0.223 e. The highest BCUT2D eigenvalue weighted by molar-refractivity contribution is 6.00. The number of nitrogens with zero attached hydrogens (tertiary/aromatic N) is 4. The van der Waals surface area contributed by atoms with Crippen LogP contribution in [0.15, 0.2) is 77.8 Å². The molecular weight excluding hydrogens is 469 g/mol. The number of carbonyl (C=O) groups excluding carboxylic acids is 1. The number of aromatic amines is 2. The average molecular weight is 494 g/mol. The van der Waals surface area contributed by atoms with Crippen LogP contribution >= 0.6 is 0 Å². The van der Waals surface area contributed by atoms with E-state index in [0.29, 0.717) is 29.1 Å². The number of aliphatic imine (C=N–C) groups is 1. The number of nitrogens with one attached hydrogen (secondary N) is 3. The molecular formula is C28H24FN7O. The van der Waals surface area contributed by atoms with Crippen LogP contribution < -0.4 is 5.32 Å². The van der Waals surface area contributed by atoms with Gasteiger partial charge in [0.2, 0.25) is 5.91 Å². The molecule has 0 unspecified atom stereocenters. The van der Waals surface area contributed by atoms with Crippen LogP contribution in [0.5, 0.6) is 0 Å². The van der Waals surface area contributed by atoms with E-state index < -0.39 is 0 Å². The number of halogens is 1. The molecule has 0 aliphatic heterocycles. The molecule has 184 valence electrons. The molecule has 0 fully saturated rings. The maximum absolute atomic E-state index is 13.5. The van der Waals surface area contributed by atoms with Gasteiger partial charge in [0, 0.05) is 51.9 Å². The molecule has 3 N–H and O–H groups in total. The Balaban J connectivity index is 1.58. The van der Waals surface area contributed by atoms with E-state index in [0.717, 1.165) is 38.8 Å². The zero-order valence-corrected chi connectivity index (χ0v) is 20.3. The molecule has 1 amide bonds. The molecule has 37 heavy (non-hydrogen) atoms. The van der Waals surface area contributed by atoms with Gasteiger partial charge < -0.3 is 10.3 Å². The van der Waals surface area contributed by atoms with Crippen LogP contribution in [0.1, 0.15) is 26.0 Å². The zero-order chi connectivity index (χ0) is 25.9. The Morgan fingerprint density at radius 2 is 1.89 bits per heavy atom. The molecule has 0 aliphatic rings. The van der Waals surface area contributed by atoms with E-state index >= 15 is 0 Å². The summed E-state index contributed by atoms with van der Waals surface area (Å²) in [5, 5.41) is 12.2. The Morgan fingerprint density at radius 3 is 2.65 bits per heavy atom. The number of benzene rings is 1. The predicted molar refractivity (Wildman–Crippen MR) is 144 cm³/mol. The minimum absolute atomic E-state index is 0.0755. The highest BCUT2D eigenvalue weighted by Crippen LogP contribution is 2.33. The van der Waals surface area contributed by atoms with Gasteiger partial charge in [-0.05, 0) is 62.2 Å². The molecule has 0 spiro atoms. The second kappa shape index (κ2) is 9.98. The minimum Gasteiger partial charge on any atom is -0.353 e. The molecule has 0 bridgehead atoms. The lowest BCUT2D eigenvalue weighted by Crippen LogP contribution is -2.19. The Bertz CT molecular complexity index is 1690. The van der Waals surface area contributed by atoms with Crippen molar-refractivity contribution in [2.45, 2.75) is 20.3 Å². The molecule has 5 rings (SSSR count). The third-order valence-corrected chi connectivity index (χ3v) is 5.92. The van der Waals surface area contributed by atoms with Crippen LogP contribution in [-0.2, 0) is 4.79 Å². The first-order valence-electron chi connectivity index (χ1n) is 11.7. The van der Waals surface area contributed by atoms with Crippen molar-refractivity contribution in [1.29, 1.82) is 0 Å². The number of hydrogen-bond donors (Lipinski definition) is 3. The summed E-state index contributed by atoms with van der Waals surface area (Å²) in [6.45, 7) is 7.17. The quantitative estimate of drug-likeness (QED) is 0.197. The third kappa shape index (κ3) is 4.79. The van der Waals surface area contributed by atoms with Crippen LogP contribution in [0, 0.1) is 5.82 Å². The van der Waals surface area contributed by atoms with Crippen LogP contribution in [-0.4, -0.2) is 37.8 Å². The van der Waals surface area contributed by atoms with Gasteiger partial charge in [0.25, 0.3) is 0 Å². The number of allylic oxidation sites excluding steroid dienone is 3. The van der Waals surface area contributed by atoms with Crippen molar-refractivity contribution >= 4 is 40.0 Å². The normalized spacial score (nSPS) is 12.3. The van der Waals surface area contributed by atoms with Gasteiger partial charge in [0.05, 0.1) is 28.8 Å². The summed E-state index contributed by atoms with van der Waals surface area (Å²) in [6.07, 6.45) is 7.21. The molecule has 0 saturated carbocycles. The summed E-state index contributed by atoms with van der Waals surface area (Å²) in [5.74, 6) is -0.371.